The summed E-state index contributed by atoms with van der Waals surface area (Å²) in [6.07, 6.45) is 0. The minimum absolute atomic E-state index is 0.00812. The standard InChI is InChI=1S/C28H22O/c1-17-7-6-8-18(13-17)19-11-12-26-22(14-19)23-15-21-20-9-4-5-10-24(20)28(2,3)25(21)16-27(23)29-26/h4-16H,1-3H3. The van der Waals surface area contributed by atoms with E-state index in [0.29, 0.717) is 0 Å². The summed E-state index contributed by atoms with van der Waals surface area (Å²) < 4.78 is 6.28. The fraction of sp³-hybridized carbons (Fsp3) is 0.143. The molecule has 0 aliphatic heterocycles. The molecule has 0 saturated carbocycles. The third kappa shape index (κ3) is 2.28. The van der Waals surface area contributed by atoms with Gasteiger partial charge >= 0.3 is 0 Å². The second kappa shape index (κ2) is 5.61. The Labute approximate surface area is 170 Å². The summed E-state index contributed by atoms with van der Waals surface area (Å²) in [5.74, 6) is 0. The number of hydrogen-bond acceptors (Lipinski definition) is 1. The van der Waals surface area contributed by atoms with Crippen molar-refractivity contribution in [3.63, 3.8) is 0 Å². The Bertz CT molecular complexity index is 1430. The van der Waals surface area contributed by atoms with Gasteiger partial charge < -0.3 is 4.42 Å². The van der Waals surface area contributed by atoms with E-state index < -0.39 is 0 Å². The lowest BCUT2D eigenvalue weighted by Gasteiger charge is -2.21. The second-order valence-corrected chi connectivity index (χ2v) is 8.75. The maximum absolute atomic E-state index is 6.28. The summed E-state index contributed by atoms with van der Waals surface area (Å²) in [6, 6.07) is 28.6. The first-order valence-corrected chi connectivity index (χ1v) is 10.2. The number of aryl methyl sites for hydroxylation is 1. The highest BCUT2D eigenvalue weighted by molar-refractivity contribution is 6.09. The van der Waals surface area contributed by atoms with Gasteiger partial charge in [-0.3, -0.25) is 0 Å². The number of fused-ring (bicyclic) bond motifs is 6. The molecule has 0 bridgehead atoms. The van der Waals surface area contributed by atoms with Gasteiger partial charge in [0.1, 0.15) is 11.2 Å². The first kappa shape index (κ1) is 16.6. The zero-order valence-corrected chi connectivity index (χ0v) is 16.9. The van der Waals surface area contributed by atoms with Crippen LogP contribution in [0, 0.1) is 6.92 Å². The topological polar surface area (TPSA) is 13.1 Å². The van der Waals surface area contributed by atoms with Crippen LogP contribution in [-0.4, -0.2) is 0 Å². The third-order valence-electron chi connectivity index (χ3n) is 6.52. The molecule has 1 aromatic heterocycles. The average molecular weight is 374 g/mol. The van der Waals surface area contributed by atoms with Crippen molar-refractivity contribution in [2.45, 2.75) is 26.2 Å². The minimum atomic E-state index is -0.00812. The molecule has 4 aromatic carbocycles. The molecular formula is C28H22O. The Morgan fingerprint density at radius 3 is 2.28 bits per heavy atom. The first-order valence-electron chi connectivity index (χ1n) is 10.2. The SMILES string of the molecule is Cc1cccc(-c2ccc3oc4cc5c(cc4c3c2)-c2ccccc2C5(C)C)c1. The van der Waals surface area contributed by atoms with Crippen LogP contribution < -0.4 is 0 Å². The maximum atomic E-state index is 6.28. The monoisotopic (exact) mass is 374 g/mol. The number of rotatable bonds is 1. The molecule has 0 radical (unpaired) electrons. The molecule has 1 heterocycles. The predicted octanol–water partition coefficient (Wildman–Crippen LogP) is 7.87. The average Bonchev–Trinajstić information content (AvgIpc) is 3.19. The molecule has 140 valence electrons. The van der Waals surface area contributed by atoms with Crippen molar-refractivity contribution in [2.24, 2.45) is 0 Å². The van der Waals surface area contributed by atoms with Gasteiger partial charge in [0.05, 0.1) is 0 Å². The summed E-state index contributed by atoms with van der Waals surface area (Å²) in [4.78, 5) is 0. The van der Waals surface area contributed by atoms with E-state index >= 15 is 0 Å². The van der Waals surface area contributed by atoms with Crippen molar-refractivity contribution < 1.29 is 4.42 Å². The van der Waals surface area contributed by atoms with Crippen molar-refractivity contribution in [1.29, 1.82) is 0 Å². The van der Waals surface area contributed by atoms with E-state index in [4.69, 9.17) is 4.42 Å². The van der Waals surface area contributed by atoms with E-state index in [1.807, 2.05) is 0 Å². The maximum Gasteiger partial charge on any atom is 0.135 e. The van der Waals surface area contributed by atoms with Crippen LogP contribution in [0.3, 0.4) is 0 Å². The summed E-state index contributed by atoms with van der Waals surface area (Å²) in [7, 11) is 0. The second-order valence-electron chi connectivity index (χ2n) is 8.75. The molecule has 0 amide bonds. The van der Waals surface area contributed by atoms with Crippen LogP contribution in [0.2, 0.25) is 0 Å². The van der Waals surface area contributed by atoms with E-state index in [9.17, 15) is 0 Å². The lowest BCUT2D eigenvalue weighted by Crippen LogP contribution is -2.14. The van der Waals surface area contributed by atoms with Crippen molar-refractivity contribution in [1.82, 2.24) is 0 Å². The van der Waals surface area contributed by atoms with E-state index in [1.54, 1.807) is 0 Å². The Morgan fingerprint density at radius 2 is 1.41 bits per heavy atom. The minimum Gasteiger partial charge on any atom is -0.456 e. The van der Waals surface area contributed by atoms with Crippen LogP contribution in [0.15, 0.2) is 83.3 Å². The van der Waals surface area contributed by atoms with E-state index in [-0.39, 0.29) is 5.41 Å². The van der Waals surface area contributed by atoms with E-state index in [2.05, 4.69) is 99.6 Å². The van der Waals surface area contributed by atoms with Crippen molar-refractivity contribution in [2.75, 3.05) is 0 Å². The van der Waals surface area contributed by atoms with Crippen LogP contribution in [0.4, 0.5) is 0 Å². The van der Waals surface area contributed by atoms with Crippen LogP contribution in [-0.2, 0) is 5.41 Å². The normalized spacial score (nSPS) is 14.3. The van der Waals surface area contributed by atoms with Gasteiger partial charge in [0.25, 0.3) is 0 Å². The van der Waals surface area contributed by atoms with Gasteiger partial charge in [-0.05, 0) is 64.6 Å². The summed E-state index contributed by atoms with van der Waals surface area (Å²) >= 11 is 0. The van der Waals surface area contributed by atoms with Crippen LogP contribution in [0.1, 0.15) is 30.5 Å². The fourth-order valence-electron chi connectivity index (χ4n) is 4.97. The molecule has 1 heteroatoms. The molecule has 6 rings (SSSR count). The molecule has 29 heavy (non-hydrogen) atoms. The smallest absolute Gasteiger partial charge is 0.135 e. The largest absolute Gasteiger partial charge is 0.456 e. The Balaban J connectivity index is 1.63. The Kier molecular flexibility index (Phi) is 3.21. The molecule has 0 fully saturated rings. The predicted molar refractivity (Wildman–Crippen MR) is 121 cm³/mol. The number of furan rings is 1. The summed E-state index contributed by atoms with van der Waals surface area (Å²) in [6.45, 7) is 6.75. The van der Waals surface area contributed by atoms with Gasteiger partial charge in [0.15, 0.2) is 0 Å². The zero-order chi connectivity index (χ0) is 19.8. The Morgan fingerprint density at radius 1 is 0.621 bits per heavy atom. The van der Waals surface area contributed by atoms with Crippen molar-refractivity contribution >= 4 is 21.9 Å². The highest BCUT2D eigenvalue weighted by atomic mass is 16.3. The van der Waals surface area contributed by atoms with Crippen LogP contribution in [0.25, 0.3) is 44.2 Å². The van der Waals surface area contributed by atoms with Crippen molar-refractivity contribution in [3.05, 3.63) is 95.6 Å². The van der Waals surface area contributed by atoms with Gasteiger partial charge in [0.2, 0.25) is 0 Å². The quantitative estimate of drug-likeness (QED) is 0.291. The van der Waals surface area contributed by atoms with E-state index in [1.165, 1.54) is 49.7 Å². The molecule has 0 atom stereocenters. The Hall–Kier alpha value is -3.32. The van der Waals surface area contributed by atoms with Crippen LogP contribution >= 0.6 is 0 Å². The van der Waals surface area contributed by atoms with Gasteiger partial charge in [0, 0.05) is 16.2 Å². The van der Waals surface area contributed by atoms with Crippen LogP contribution in [0.5, 0.6) is 0 Å². The molecule has 5 aromatic rings. The molecule has 0 N–H and O–H groups in total. The third-order valence-corrected chi connectivity index (χ3v) is 6.52. The van der Waals surface area contributed by atoms with Gasteiger partial charge in [-0.1, -0.05) is 74.0 Å². The molecule has 0 saturated heterocycles. The number of hydrogen-bond donors (Lipinski definition) is 0. The van der Waals surface area contributed by atoms with Gasteiger partial charge in [-0.2, -0.15) is 0 Å². The van der Waals surface area contributed by atoms with E-state index in [0.717, 1.165) is 11.2 Å². The first-order chi connectivity index (χ1) is 14.0. The highest BCUT2D eigenvalue weighted by Gasteiger charge is 2.35. The van der Waals surface area contributed by atoms with Crippen molar-refractivity contribution in [3.8, 4) is 22.3 Å². The zero-order valence-electron chi connectivity index (χ0n) is 16.9. The highest BCUT2D eigenvalue weighted by Crippen LogP contribution is 2.50. The van der Waals surface area contributed by atoms with Gasteiger partial charge in [-0.15, -0.1) is 0 Å². The molecule has 0 unspecified atom stereocenters. The summed E-state index contributed by atoms with van der Waals surface area (Å²) in [5.41, 5.74) is 11.1. The number of benzene rings is 4. The fourth-order valence-corrected chi connectivity index (χ4v) is 4.97. The molecule has 1 aliphatic carbocycles. The molecular weight excluding hydrogens is 352 g/mol. The molecule has 1 aliphatic rings. The van der Waals surface area contributed by atoms with Gasteiger partial charge in [-0.25, -0.2) is 0 Å². The summed E-state index contributed by atoms with van der Waals surface area (Å²) in [5, 5.41) is 2.38. The lowest BCUT2D eigenvalue weighted by molar-refractivity contribution is 0.647. The molecule has 1 nitrogen and oxygen atoms in total. The lowest BCUT2D eigenvalue weighted by atomic mass is 9.82. The molecule has 0 spiro atoms.